The predicted octanol–water partition coefficient (Wildman–Crippen LogP) is 2.42. The number of rotatable bonds is 6. The van der Waals surface area contributed by atoms with E-state index in [1.807, 2.05) is 19.9 Å². The van der Waals surface area contributed by atoms with Crippen LogP contribution in [0, 0.1) is 6.92 Å². The Labute approximate surface area is 120 Å². The van der Waals surface area contributed by atoms with E-state index in [4.69, 9.17) is 0 Å². The highest BCUT2D eigenvalue weighted by molar-refractivity contribution is 7.94. The Balaban J connectivity index is 2.13. The number of thiophene rings is 1. The molecule has 8 heteroatoms. The molecule has 5 nitrogen and oxygen atoms in total. The van der Waals surface area contributed by atoms with Crippen LogP contribution in [-0.4, -0.2) is 19.9 Å². The molecule has 19 heavy (non-hydrogen) atoms. The van der Waals surface area contributed by atoms with Gasteiger partial charge in [0.15, 0.2) is 5.13 Å². The molecule has 2 aromatic heterocycles. The molecular formula is C11H15N3O2S3. The number of nitrogens with zero attached hydrogens (tertiary/aromatic N) is 1. The van der Waals surface area contributed by atoms with Gasteiger partial charge in [-0.15, -0.1) is 22.7 Å². The minimum absolute atomic E-state index is 0.313. The summed E-state index contributed by atoms with van der Waals surface area (Å²) in [6, 6.07) is 3.45. The van der Waals surface area contributed by atoms with Crippen LogP contribution in [0.3, 0.4) is 0 Å². The van der Waals surface area contributed by atoms with Gasteiger partial charge in [0.2, 0.25) is 0 Å². The summed E-state index contributed by atoms with van der Waals surface area (Å²) in [6.45, 7) is 5.44. The molecule has 2 aromatic rings. The van der Waals surface area contributed by atoms with Crippen molar-refractivity contribution in [2.45, 2.75) is 24.6 Å². The number of aryl methyl sites for hydroxylation is 1. The van der Waals surface area contributed by atoms with Crippen molar-refractivity contribution in [2.24, 2.45) is 0 Å². The summed E-state index contributed by atoms with van der Waals surface area (Å²) in [5.74, 6) is 0. The van der Waals surface area contributed by atoms with E-state index in [9.17, 15) is 8.42 Å². The lowest BCUT2D eigenvalue weighted by atomic mass is 10.4. The Kier molecular flexibility index (Phi) is 4.56. The molecular weight excluding hydrogens is 302 g/mol. The minimum Gasteiger partial charge on any atom is -0.312 e. The number of hydrogen-bond donors (Lipinski definition) is 2. The molecule has 2 rings (SSSR count). The van der Waals surface area contributed by atoms with E-state index in [0.717, 1.165) is 16.3 Å². The number of anilines is 1. The third-order valence-electron chi connectivity index (χ3n) is 2.29. The van der Waals surface area contributed by atoms with Gasteiger partial charge in [0.25, 0.3) is 10.0 Å². The number of thiazole rings is 1. The van der Waals surface area contributed by atoms with Crippen molar-refractivity contribution in [3.8, 4) is 0 Å². The molecule has 0 radical (unpaired) electrons. The van der Waals surface area contributed by atoms with E-state index in [0.29, 0.717) is 15.9 Å². The maximum absolute atomic E-state index is 12.1. The van der Waals surface area contributed by atoms with Crippen molar-refractivity contribution < 1.29 is 8.42 Å². The van der Waals surface area contributed by atoms with Gasteiger partial charge in [-0.3, -0.25) is 4.72 Å². The maximum atomic E-state index is 12.1. The van der Waals surface area contributed by atoms with Crippen LogP contribution in [0.15, 0.2) is 22.5 Å². The van der Waals surface area contributed by atoms with E-state index in [1.54, 1.807) is 12.3 Å². The summed E-state index contributed by atoms with van der Waals surface area (Å²) in [6.07, 6.45) is 1.65. The van der Waals surface area contributed by atoms with Gasteiger partial charge in [-0.1, -0.05) is 6.92 Å². The van der Waals surface area contributed by atoms with E-state index < -0.39 is 10.0 Å². The molecule has 0 saturated carbocycles. The molecule has 0 bridgehead atoms. The molecule has 0 spiro atoms. The molecule has 0 saturated heterocycles. The molecule has 2 N–H and O–H groups in total. The quantitative estimate of drug-likeness (QED) is 0.858. The van der Waals surface area contributed by atoms with E-state index in [1.165, 1.54) is 22.7 Å². The first-order chi connectivity index (χ1) is 9.01. The molecule has 0 atom stereocenters. The van der Waals surface area contributed by atoms with Gasteiger partial charge in [0.05, 0.1) is 0 Å². The Hall–Kier alpha value is -0.960. The molecule has 2 heterocycles. The summed E-state index contributed by atoms with van der Waals surface area (Å²) in [4.78, 5) is 5.97. The first-order valence-corrected chi connectivity index (χ1v) is 8.87. The highest BCUT2D eigenvalue weighted by Gasteiger charge is 2.18. The lowest BCUT2D eigenvalue weighted by Crippen LogP contribution is -2.11. The second kappa shape index (κ2) is 6.00. The van der Waals surface area contributed by atoms with Gasteiger partial charge in [-0.25, -0.2) is 13.4 Å². The smallest absolute Gasteiger partial charge is 0.273 e. The highest BCUT2D eigenvalue weighted by Crippen LogP contribution is 2.25. The predicted molar refractivity (Wildman–Crippen MR) is 79.4 cm³/mol. The molecule has 0 aliphatic heterocycles. The molecule has 104 valence electrons. The van der Waals surface area contributed by atoms with E-state index in [-0.39, 0.29) is 0 Å². The summed E-state index contributed by atoms with van der Waals surface area (Å²) in [5, 5.41) is 3.57. The van der Waals surface area contributed by atoms with Crippen molar-refractivity contribution in [1.82, 2.24) is 10.3 Å². The summed E-state index contributed by atoms with van der Waals surface area (Å²) < 4.78 is 27.1. The maximum Gasteiger partial charge on any atom is 0.273 e. The molecule has 0 aromatic carbocycles. The van der Waals surface area contributed by atoms with Crippen molar-refractivity contribution in [3.63, 3.8) is 0 Å². The number of nitrogens with one attached hydrogen (secondary N) is 2. The molecule has 0 aliphatic rings. The zero-order valence-electron chi connectivity index (χ0n) is 10.6. The van der Waals surface area contributed by atoms with Crippen LogP contribution in [0.5, 0.6) is 0 Å². The lowest BCUT2D eigenvalue weighted by Gasteiger charge is -2.01. The van der Waals surface area contributed by atoms with Crippen molar-refractivity contribution in [3.05, 3.63) is 28.1 Å². The van der Waals surface area contributed by atoms with Gasteiger partial charge in [0.1, 0.15) is 4.21 Å². The van der Waals surface area contributed by atoms with Gasteiger partial charge >= 0.3 is 0 Å². The summed E-state index contributed by atoms with van der Waals surface area (Å²) in [5.41, 5.74) is 0. The zero-order chi connectivity index (χ0) is 13.9. The van der Waals surface area contributed by atoms with Crippen LogP contribution in [0.2, 0.25) is 0 Å². The largest absolute Gasteiger partial charge is 0.312 e. The average Bonchev–Trinajstić information content (AvgIpc) is 2.95. The summed E-state index contributed by atoms with van der Waals surface area (Å²) >= 11 is 2.59. The third-order valence-corrected chi connectivity index (χ3v) is 6.17. The fourth-order valence-electron chi connectivity index (χ4n) is 1.41. The van der Waals surface area contributed by atoms with Gasteiger partial charge in [0, 0.05) is 22.5 Å². The highest BCUT2D eigenvalue weighted by atomic mass is 32.2. The van der Waals surface area contributed by atoms with Crippen LogP contribution < -0.4 is 10.0 Å². The zero-order valence-corrected chi connectivity index (χ0v) is 13.1. The first-order valence-electron chi connectivity index (χ1n) is 5.76. The standard InChI is InChI=1S/C11H15N3O2S3/c1-3-12-7-9-4-5-10(18-9)19(15,16)14-11-13-6-8(2)17-11/h4-6,12H,3,7H2,1-2H3,(H,13,14). The van der Waals surface area contributed by atoms with Crippen LogP contribution in [0.4, 0.5) is 5.13 Å². The molecule has 0 amide bonds. The third kappa shape index (κ3) is 3.75. The SMILES string of the molecule is CCNCc1ccc(S(=O)(=O)Nc2ncc(C)s2)s1. The van der Waals surface area contributed by atoms with Crippen molar-refractivity contribution in [1.29, 1.82) is 0 Å². The molecule has 0 unspecified atom stereocenters. The fourth-order valence-corrected chi connectivity index (χ4v) is 4.64. The van der Waals surface area contributed by atoms with Crippen LogP contribution in [0.25, 0.3) is 0 Å². The minimum atomic E-state index is -3.52. The first kappa shape index (κ1) is 14.4. The normalized spacial score (nSPS) is 11.7. The Morgan fingerprint density at radius 2 is 2.11 bits per heavy atom. The van der Waals surface area contributed by atoms with Gasteiger partial charge in [-0.05, 0) is 25.6 Å². The van der Waals surface area contributed by atoms with Crippen molar-refractivity contribution in [2.75, 3.05) is 11.3 Å². The Morgan fingerprint density at radius 3 is 2.74 bits per heavy atom. The lowest BCUT2D eigenvalue weighted by molar-refractivity contribution is 0.603. The fraction of sp³-hybridized carbons (Fsp3) is 0.364. The van der Waals surface area contributed by atoms with Crippen molar-refractivity contribution >= 4 is 37.8 Å². The second-order valence-electron chi connectivity index (χ2n) is 3.88. The Bertz CT molecular complexity index is 646. The van der Waals surface area contributed by atoms with Crippen LogP contribution in [0.1, 0.15) is 16.7 Å². The topological polar surface area (TPSA) is 71.1 Å². The number of hydrogen-bond acceptors (Lipinski definition) is 6. The monoisotopic (exact) mass is 317 g/mol. The van der Waals surface area contributed by atoms with Crippen LogP contribution in [-0.2, 0) is 16.6 Å². The average molecular weight is 317 g/mol. The Morgan fingerprint density at radius 1 is 1.32 bits per heavy atom. The number of sulfonamides is 1. The van der Waals surface area contributed by atoms with Crippen LogP contribution >= 0.6 is 22.7 Å². The second-order valence-corrected chi connectivity index (χ2v) is 8.19. The van der Waals surface area contributed by atoms with Gasteiger partial charge in [-0.2, -0.15) is 0 Å². The van der Waals surface area contributed by atoms with E-state index >= 15 is 0 Å². The van der Waals surface area contributed by atoms with Gasteiger partial charge < -0.3 is 5.32 Å². The number of aromatic nitrogens is 1. The van der Waals surface area contributed by atoms with E-state index in [2.05, 4.69) is 15.0 Å². The molecule has 0 aliphatic carbocycles. The molecule has 0 fully saturated rings. The summed E-state index contributed by atoms with van der Waals surface area (Å²) in [7, 11) is -3.52.